The van der Waals surface area contributed by atoms with E-state index < -0.39 is 17.2 Å². The number of hydrogen-bond donors (Lipinski definition) is 2. The molecule has 0 radical (unpaired) electrons. The Morgan fingerprint density at radius 1 is 1.44 bits per heavy atom. The molecule has 0 aromatic carbocycles. The van der Waals surface area contributed by atoms with Gasteiger partial charge in [-0.2, -0.15) is 0 Å². The number of amides is 1. The number of rotatable bonds is 8. The Balaban J connectivity index is 2.48. The average Bonchev–Trinajstić information content (AvgIpc) is 3.12. The standard InChI is InChI=1S/C18H24N4O4S/c1-12(2)11-22-16(19)15(17(24)20-18(22)25)21(8-9-26-3)14(23)7-6-13-5-4-10-27-13/h4-7,10,12H,8-9,11,19H2,1-3H3,(H,20,24,25). The second-order valence-corrected chi connectivity index (χ2v) is 7.31. The fraction of sp³-hybridized carbons (Fsp3) is 0.389. The van der Waals surface area contributed by atoms with E-state index in [1.54, 1.807) is 6.08 Å². The lowest BCUT2D eigenvalue weighted by molar-refractivity contribution is -0.114. The zero-order valence-corrected chi connectivity index (χ0v) is 16.4. The number of nitrogens with one attached hydrogen (secondary N) is 1. The number of hydrogen-bond acceptors (Lipinski definition) is 6. The lowest BCUT2D eigenvalue weighted by Crippen LogP contribution is -2.42. The molecule has 0 fully saturated rings. The van der Waals surface area contributed by atoms with Crippen LogP contribution < -0.4 is 21.9 Å². The third-order valence-electron chi connectivity index (χ3n) is 3.75. The maximum absolute atomic E-state index is 12.8. The number of thiophene rings is 1. The van der Waals surface area contributed by atoms with Crippen molar-refractivity contribution in [3.63, 3.8) is 0 Å². The van der Waals surface area contributed by atoms with Gasteiger partial charge in [-0.15, -0.1) is 11.3 Å². The summed E-state index contributed by atoms with van der Waals surface area (Å²) in [6, 6.07) is 3.75. The summed E-state index contributed by atoms with van der Waals surface area (Å²) in [7, 11) is 1.50. The van der Waals surface area contributed by atoms with E-state index >= 15 is 0 Å². The van der Waals surface area contributed by atoms with Crippen molar-refractivity contribution < 1.29 is 9.53 Å². The van der Waals surface area contributed by atoms with Crippen LogP contribution in [0.25, 0.3) is 6.08 Å². The lowest BCUT2D eigenvalue weighted by Gasteiger charge is -2.23. The zero-order valence-electron chi connectivity index (χ0n) is 15.6. The molecule has 0 saturated heterocycles. The highest BCUT2D eigenvalue weighted by Crippen LogP contribution is 2.19. The van der Waals surface area contributed by atoms with Crippen LogP contribution in [0.2, 0.25) is 0 Å². The number of nitrogens with two attached hydrogens (primary N) is 1. The molecule has 1 amide bonds. The minimum atomic E-state index is -0.702. The fourth-order valence-electron chi connectivity index (χ4n) is 2.53. The van der Waals surface area contributed by atoms with Crippen LogP contribution in [0.5, 0.6) is 0 Å². The molecular formula is C18H24N4O4S. The smallest absolute Gasteiger partial charge is 0.330 e. The van der Waals surface area contributed by atoms with Gasteiger partial charge >= 0.3 is 5.69 Å². The van der Waals surface area contributed by atoms with E-state index in [-0.39, 0.29) is 30.6 Å². The van der Waals surface area contributed by atoms with Gasteiger partial charge in [0.2, 0.25) is 0 Å². The third-order valence-corrected chi connectivity index (χ3v) is 4.59. The van der Waals surface area contributed by atoms with Crippen LogP contribution in [0.15, 0.2) is 33.2 Å². The van der Waals surface area contributed by atoms with E-state index in [1.165, 1.54) is 34.0 Å². The van der Waals surface area contributed by atoms with Gasteiger partial charge in [-0.3, -0.25) is 24.0 Å². The summed E-state index contributed by atoms with van der Waals surface area (Å²) in [4.78, 5) is 41.7. The van der Waals surface area contributed by atoms with E-state index in [0.717, 1.165) is 4.88 Å². The number of aromatic amines is 1. The lowest BCUT2D eigenvalue weighted by atomic mass is 10.2. The molecule has 0 bridgehead atoms. The van der Waals surface area contributed by atoms with Crippen LogP contribution in [0, 0.1) is 5.92 Å². The molecule has 27 heavy (non-hydrogen) atoms. The maximum Gasteiger partial charge on any atom is 0.330 e. The van der Waals surface area contributed by atoms with E-state index in [1.807, 2.05) is 31.4 Å². The normalized spacial score (nSPS) is 11.4. The van der Waals surface area contributed by atoms with Crippen molar-refractivity contribution >= 4 is 34.8 Å². The van der Waals surface area contributed by atoms with Gasteiger partial charge in [0.1, 0.15) is 5.82 Å². The van der Waals surface area contributed by atoms with Crippen LogP contribution in [0.4, 0.5) is 11.5 Å². The molecule has 2 aromatic rings. The highest BCUT2D eigenvalue weighted by atomic mass is 32.1. The van der Waals surface area contributed by atoms with Gasteiger partial charge in [0.15, 0.2) is 5.69 Å². The van der Waals surface area contributed by atoms with Crippen molar-refractivity contribution in [1.82, 2.24) is 9.55 Å². The Labute approximate surface area is 160 Å². The summed E-state index contributed by atoms with van der Waals surface area (Å²) in [6.45, 7) is 4.51. The van der Waals surface area contributed by atoms with Crippen LogP contribution in [-0.4, -0.2) is 35.7 Å². The number of nitrogen functional groups attached to an aromatic ring is 1. The van der Waals surface area contributed by atoms with Gasteiger partial charge in [-0.25, -0.2) is 4.79 Å². The maximum atomic E-state index is 12.8. The van der Waals surface area contributed by atoms with Crippen LogP contribution in [0.3, 0.4) is 0 Å². The van der Waals surface area contributed by atoms with Crippen LogP contribution >= 0.6 is 11.3 Å². The Hall–Kier alpha value is -2.65. The number of H-pyrrole nitrogens is 1. The first-order valence-corrected chi connectivity index (χ1v) is 9.37. The first-order valence-electron chi connectivity index (χ1n) is 8.49. The summed E-state index contributed by atoms with van der Waals surface area (Å²) in [6.07, 6.45) is 3.04. The molecule has 0 unspecified atom stereocenters. The molecule has 8 nitrogen and oxygen atoms in total. The Morgan fingerprint density at radius 3 is 2.78 bits per heavy atom. The number of ether oxygens (including phenoxy) is 1. The van der Waals surface area contributed by atoms with Gasteiger partial charge in [-0.05, 0) is 23.4 Å². The largest absolute Gasteiger partial charge is 0.383 e. The summed E-state index contributed by atoms with van der Waals surface area (Å²) < 4.78 is 6.33. The summed E-state index contributed by atoms with van der Waals surface area (Å²) in [5.41, 5.74) is 4.78. The summed E-state index contributed by atoms with van der Waals surface area (Å²) in [5, 5.41) is 1.90. The Morgan fingerprint density at radius 2 is 2.19 bits per heavy atom. The monoisotopic (exact) mass is 392 g/mol. The van der Waals surface area contributed by atoms with Gasteiger partial charge in [0, 0.05) is 31.2 Å². The van der Waals surface area contributed by atoms with Crippen molar-refractivity contribution in [2.75, 3.05) is 30.9 Å². The van der Waals surface area contributed by atoms with Crippen molar-refractivity contribution in [3.8, 4) is 0 Å². The average molecular weight is 392 g/mol. The van der Waals surface area contributed by atoms with Crippen molar-refractivity contribution in [2.45, 2.75) is 20.4 Å². The molecule has 9 heteroatoms. The van der Waals surface area contributed by atoms with Gasteiger partial charge in [0.25, 0.3) is 11.5 Å². The van der Waals surface area contributed by atoms with Gasteiger partial charge < -0.3 is 10.5 Å². The minimum Gasteiger partial charge on any atom is -0.383 e. The molecular weight excluding hydrogens is 368 g/mol. The molecule has 0 aliphatic carbocycles. The molecule has 2 rings (SSSR count). The number of anilines is 2. The highest BCUT2D eigenvalue weighted by Gasteiger charge is 2.23. The molecule has 2 aromatic heterocycles. The number of methoxy groups -OCH3 is 1. The zero-order chi connectivity index (χ0) is 20.0. The third kappa shape index (κ3) is 5.18. The Kier molecular flexibility index (Phi) is 7.14. The minimum absolute atomic E-state index is 0.0357. The van der Waals surface area contributed by atoms with Gasteiger partial charge in [-0.1, -0.05) is 19.9 Å². The van der Waals surface area contributed by atoms with Crippen LogP contribution in [-0.2, 0) is 16.1 Å². The van der Waals surface area contributed by atoms with Crippen molar-refractivity contribution in [1.29, 1.82) is 0 Å². The first-order chi connectivity index (χ1) is 12.8. The molecule has 0 atom stereocenters. The predicted molar refractivity (Wildman–Crippen MR) is 108 cm³/mol. The Bertz CT molecular complexity index is 912. The molecule has 0 spiro atoms. The quantitative estimate of drug-likeness (QED) is 0.662. The molecule has 0 aliphatic rings. The summed E-state index contributed by atoms with van der Waals surface area (Å²) >= 11 is 1.49. The molecule has 0 saturated carbocycles. The number of carbonyl (C=O) groups is 1. The van der Waals surface area contributed by atoms with E-state index in [4.69, 9.17) is 10.5 Å². The molecule has 3 N–H and O–H groups in total. The number of carbonyl (C=O) groups excluding carboxylic acids is 1. The second-order valence-electron chi connectivity index (χ2n) is 6.33. The molecule has 146 valence electrons. The number of nitrogens with zero attached hydrogens (tertiary/aromatic N) is 2. The van der Waals surface area contributed by atoms with E-state index in [0.29, 0.717) is 6.54 Å². The predicted octanol–water partition coefficient (Wildman–Crippen LogP) is 1.53. The highest BCUT2D eigenvalue weighted by molar-refractivity contribution is 7.10. The molecule has 2 heterocycles. The fourth-order valence-corrected chi connectivity index (χ4v) is 3.15. The summed E-state index contributed by atoms with van der Waals surface area (Å²) in [5.74, 6) is -0.329. The SMILES string of the molecule is COCCN(C(=O)C=Cc1cccs1)c1c(N)n(CC(C)C)c(=O)[nH]c1=O. The van der Waals surface area contributed by atoms with E-state index in [2.05, 4.69) is 4.98 Å². The molecule has 0 aliphatic heterocycles. The van der Waals surface area contributed by atoms with Crippen molar-refractivity contribution in [3.05, 3.63) is 49.3 Å². The first kappa shape index (κ1) is 20.7. The number of aromatic nitrogens is 2. The second kappa shape index (κ2) is 9.33. The van der Waals surface area contributed by atoms with Crippen LogP contribution in [0.1, 0.15) is 18.7 Å². The van der Waals surface area contributed by atoms with E-state index in [9.17, 15) is 14.4 Å². The topological polar surface area (TPSA) is 110 Å². The van der Waals surface area contributed by atoms with Crippen molar-refractivity contribution in [2.24, 2.45) is 5.92 Å². The van der Waals surface area contributed by atoms with Gasteiger partial charge in [0.05, 0.1) is 6.61 Å².